The summed E-state index contributed by atoms with van der Waals surface area (Å²) in [6.45, 7) is 3.36. The molecule has 3 rings (SSSR count). The molecule has 0 aromatic heterocycles. The van der Waals surface area contributed by atoms with E-state index in [9.17, 15) is 0 Å². The predicted octanol–water partition coefficient (Wildman–Crippen LogP) is 0.773. The summed E-state index contributed by atoms with van der Waals surface area (Å²) in [4.78, 5) is 0. The van der Waals surface area contributed by atoms with Gasteiger partial charge in [0.05, 0.1) is 6.10 Å². The summed E-state index contributed by atoms with van der Waals surface area (Å²) < 4.78 is 5.34. The Kier molecular flexibility index (Phi) is 1.29. The summed E-state index contributed by atoms with van der Waals surface area (Å²) in [6, 6.07) is 0.817. The molecule has 0 spiro atoms. The van der Waals surface area contributed by atoms with Crippen molar-refractivity contribution in [3.63, 3.8) is 0 Å². The van der Waals surface area contributed by atoms with Crippen LogP contribution in [0.5, 0.6) is 0 Å². The molecule has 0 aromatic rings. The standard InChI is InChI=1S/C8H15NO/c1-6(10-2)8-3-7(4-8)9-5-8/h6-7,9H,3-5H2,1-2H3. The van der Waals surface area contributed by atoms with Crippen molar-refractivity contribution in [3.05, 3.63) is 0 Å². The fourth-order valence-electron chi connectivity index (χ4n) is 2.28. The third kappa shape index (κ3) is 0.663. The van der Waals surface area contributed by atoms with Gasteiger partial charge in [0.15, 0.2) is 0 Å². The van der Waals surface area contributed by atoms with Gasteiger partial charge < -0.3 is 10.1 Å². The average Bonchev–Trinajstić information content (AvgIpc) is 2.41. The van der Waals surface area contributed by atoms with Crippen LogP contribution in [0.4, 0.5) is 0 Å². The molecule has 1 saturated carbocycles. The second-order valence-electron chi connectivity index (χ2n) is 3.73. The summed E-state index contributed by atoms with van der Waals surface area (Å²) in [5, 5.41) is 3.47. The summed E-state index contributed by atoms with van der Waals surface area (Å²) >= 11 is 0. The number of methoxy groups -OCH3 is 1. The van der Waals surface area contributed by atoms with Crippen LogP contribution in [0.15, 0.2) is 0 Å². The van der Waals surface area contributed by atoms with Crippen molar-refractivity contribution in [1.82, 2.24) is 5.32 Å². The van der Waals surface area contributed by atoms with Crippen molar-refractivity contribution < 1.29 is 4.74 Å². The zero-order valence-corrected chi connectivity index (χ0v) is 6.68. The molecule has 10 heavy (non-hydrogen) atoms. The third-order valence-corrected chi connectivity index (χ3v) is 3.26. The quantitative estimate of drug-likeness (QED) is 0.613. The Hall–Kier alpha value is -0.0800. The maximum atomic E-state index is 5.34. The van der Waals surface area contributed by atoms with Gasteiger partial charge >= 0.3 is 0 Å². The largest absolute Gasteiger partial charge is 0.381 e. The summed E-state index contributed by atoms with van der Waals surface area (Å²) in [6.07, 6.45) is 3.11. The molecule has 2 aliphatic heterocycles. The van der Waals surface area contributed by atoms with Crippen LogP contribution in [-0.2, 0) is 4.74 Å². The van der Waals surface area contributed by atoms with Gasteiger partial charge in [0, 0.05) is 25.1 Å². The lowest BCUT2D eigenvalue weighted by atomic mass is 9.67. The maximum Gasteiger partial charge on any atom is 0.0612 e. The summed E-state index contributed by atoms with van der Waals surface area (Å²) in [5.74, 6) is 0. The van der Waals surface area contributed by atoms with Crippen molar-refractivity contribution in [1.29, 1.82) is 0 Å². The van der Waals surface area contributed by atoms with E-state index >= 15 is 0 Å². The second-order valence-corrected chi connectivity index (χ2v) is 3.73. The number of nitrogens with one attached hydrogen (secondary N) is 1. The molecule has 58 valence electrons. The lowest BCUT2D eigenvalue weighted by Gasteiger charge is -2.41. The highest BCUT2D eigenvalue weighted by molar-refractivity contribution is 5.08. The van der Waals surface area contributed by atoms with Crippen LogP contribution in [0.1, 0.15) is 19.8 Å². The molecule has 0 radical (unpaired) electrons. The molecular weight excluding hydrogens is 126 g/mol. The molecule has 3 fully saturated rings. The number of fused-ring (bicyclic) bond motifs is 1. The van der Waals surface area contributed by atoms with Crippen molar-refractivity contribution in [2.75, 3.05) is 13.7 Å². The topological polar surface area (TPSA) is 21.3 Å². The van der Waals surface area contributed by atoms with Crippen molar-refractivity contribution in [2.24, 2.45) is 5.41 Å². The highest BCUT2D eigenvalue weighted by atomic mass is 16.5. The van der Waals surface area contributed by atoms with Gasteiger partial charge in [0.2, 0.25) is 0 Å². The molecular formula is C8H15NO. The van der Waals surface area contributed by atoms with E-state index in [0.717, 1.165) is 6.04 Å². The molecule has 1 N–H and O–H groups in total. The Morgan fingerprint density at radius 1 is 1.60 bits per heavy atom. The first-order valence-electron chi connectivity index (χ1n) is 4.03. The van der Waals surface area contributed by atoms with Gasteiger partial charge in [-0.25, -0.2) is 0 Å². The first-order valence-corrected chi connectivity index (χ1v) is 4.03. The fourth-order valence-corrected chi connectivity index (χ4v) is 2.28. The van der Waals surface area contributed by atoms with Crippen LogP contribution in [0.25, 0.3) is 0 Å². The molecule has 2 saturated heterocycles. The summed E-state index contributed by atoms with van der Waals surface area (Å²) in [7, 11) is 1.81. The molecule has 1 aliphatic carbocycles. The minimum atomic E-state index is 0.443. The fraction of sp³-hybridized carbons (Fsp3) is 1.00. The number of ether oxygens (including phenoxy) is 1. The van der Waals surface area contributed by atoms with Gasteiger partial charge in [-0.2, -0.15) is 0 Å². The molecule has 1 unspecified atom stereocenters. The van der Waals surface area contributed by atoms with E-state index in [0.29, 0.717) is 11.5 Å². The van der Waals surface area contributed by atoms with E-state index in [2.05, 4.69) is 12.2 Å². The van der Waals surface area contributed by atoms with E-state index in [1.165, 1.54) is 19.4 Å². The van der Waals surface area contributed by atoms with Crippen molar-refractivity contribution in [3.8, 4) is 0 Å². The molecule has 2 bridgehead atoms. The number of hydrogen-bond donors (Lipinski definition) is 1. The Balaban J connectivity index is 2.03. The normalized spacial score (nSPS) is 46.8. The van der Waals surface area contributed by atoms with Crippen LogP contribution >= 0.6 is 0 Å². The van der Waals surface area contributed by atoms with E-state index in [1.54, 1.807) is 0 Å². The minimum absolute atomic E-state index is 0.443. The van der Waals surface area contributed by atoms with E-state index in [1.807, 2.05) is 7.11 Å². The molecule has 1 atom stereocenters. The SMILES string of the molecule is COC(C)C12CNC(C1)C2. The highest BCUT2D eigenvalue weighted by Crippen LogP contribution is 2.49. The molecule has 0 amide bonds. The lowest BCUT2D eigenvalue weighted by Crippen LogP contribution is -2.42. The highest BCUT2D eigenvalue weighted by Gasteiger charge is 2.53. The van der Waals surface area contributed by atoms with Crippen LogP contribution in [0.2, 0.25) is 0 Å². The van der Waals surface area contributed by atoms with Crippen LogP contribution < -0.4 is 5.32 Å². The molecule has 2 nitrogen and oxygen atoms in total. The smallest absolute Gasteiger partial charge is 0.0612 e. The van der Waals surface area contributed by atoms with Gasteiger partial charge in [0.1, 0.15) is 0 Å². The van der Waals surface area contributed by atoms with Gasteiger partial charge in [-0.3, -0.25) is 0 Å². The van der Waals surface area contributed by atoms with Gasteiger partial charge in [-0.1, -0.05) is 0 Å². The average molecular weight is 141 g/mol. The maximum absolute atomic E-state index is 5.34. The van der Waals surface area contributed by atoms with Crippen molar-refractivity contribution >= 4 is 0 Å². The van der Waals surface area contributed by atoms with Crippen LogP contribution in [-0.4, -0.2) is 25.8 Å². The van der Waals surface area contributed by atoms with Crippen molar-refractivity contribution in [2.45, 2.75) is 31.9 Å². The van der Waals surface area contributed by atoms with E-state index in [-0.39, 0.29) is 0 Å². The monoisotopic (exact) mass is 141 g/mol. The molecule has 0 aromatic carbocycles. The molecule has 2 heteroatoms. The minimum Gasteiger partial charge on any atom is -0.381 e. The van der Waals surface area contributed by atoms with Gasteiger partial charge in [0.25, 0.3) is 0 Å². The van der Waals surface area contributed by atoms with Crippen LogP contribution in [0, 0.1) is 5.41 Å². The number of hydrogen-bond acceptors (Lipinski definition) is 2. The van der Waals surface area contributed by atoms with Crippen LogP contribution in [0.3, 0.4) is 0 Å². The Morgan fingerprint density at radius 3 is 2.70 bits per heavy atom. The third-order valence-electron chi connectivity index (χ3n) is 3.26. The Morgan fingerprint density at radius 2 is 2.30 bits per heavy atom. The zero-order valence-electron chi connectivity index (χ0n) is 6.68. The predicted molar refractivity (Wildman–Crippen MR) is 39.9 cm³/mol. The number of rotatable bonds is 2. The van der Waals surface area contributed by atoms with Gasteiger partial charge in [-0.15, -0.1) is 0 Å². The first kappa shape index (κ1) is 6.62. The zero-order chi connectivity index (χ0) is 7.19. The summed E-state index contributed by atoms with van der Waals surface area (Å²) in [5.41, 5.74) is 0.513. The Bertz CT molecular complexity index is 135. The van der Waals surface area contributed by atoms with E-state index in [4.69, 9.17) is 4.74 Å². The molecule has 3 aliphatic rings. The second kappa shape index (κ2) is 1.95. The van der Waals surface area contributed by atoms with Gasteiger partial charge in [-0.05, 0) is 19.8 Å². The Labute approximate surface area is 61.9 Å². The molecule has 2 heterocycles. The van der Waals surface area contributed by atoms with E-state index < -0.39 is 0 Å². The first-order chi connectivity index (χ1) is 4.77. The lowest BCUT2D eigenvalue weighted by molar-refractivity contribution is -0.0212.